The molecule has 0 bridgehead atoms. The van der Waals surface area contributed by atoms with Gasteiger partial charge in [0.25, 0.3) is 0 Å². The highest BCUT2D eigenvalue weighted by Crippen LogP contribution is 2.68. The standard InChI is InChI=1S/C7H16NP/c1-6(2,3)9-7(4,5)8-9/h8H,1-5H3. The van der Waals surface area contributed by atoms with Crippen molar-refractivity contribution in [3.63, 3.8) is 0 Å². The van der Waals surface area contributed by atoms with Crippen LogP contribution in [0.2, 0.25) is 0 Å². The van der Waals surface area contributed by atoms with Crippen molar-refractivity contribution in [2.45, 2.75) is 45.1 Å². The van der Waals surface area contributed by atoms with E-state index in [1.54, 1.807) is 0 Å². The minimum absolute atomic E-state index is 0.115. The Labute approximate surface area is 59.0 Å². The monoisotopic (exact) mass is 145 g/mol. The summed E-state index contributed by atoms with van der Waals surface area (Å²) in [6.07, 6.45) is 0. The number of rotatable bonds is 0. The maximum Gasteiger partial charge on any atom is 0.0498 e. The van der Waals surface area contributed by atoms with Crippen molar-refractivity contribution in [1.82, 2.24) is 5.09 Å². The highest BCUT2D eigenvalue weighted by atomic mass is 31.1. The van der Waals surface area contributed by atoms with Gasteiger partial charge in [-0.25, -0.2) is 0 Å². The van der Waals surface area contributed by atoms with Gasteiger partial charge in [-0.2, -0.15) is 0 Å². The first kappa shape index (κ1) is 7.50. The van der Waals surface area contributed by atoms with Gasteiger partial charge in [-0.15, -0.1) is 0 Å². The van der Waals surface area contributed by atoms with E-state index < -0.39 is 0 Å². The SMILES string of the molecule is CC(C)(C)P1NC1(C)C. The van der Waals surface area contributed by atoms with Crippen LogP contribution in [0.25, 0.3) is 0 Å². The van der Waals surface area contributed by atoms with Gasteiger partial charge in [-0.1, -0.05) is 20.8 Å². The molecular formula is C7H16NP. The molecular weight excluding hydrogens is 129 g/mol. The Kier molecular flexibility index (Phi) is 1.42. The summed E-state index contributed by atoms with van der Waals surface area (Å²) >= 11 is 0. The summed E-state index contributed by atoms with van der Waals surface area (Å²) < 4.78 is 0. The Morgan fingerprint density at radius 1 is 1.22 bits per heavy atom. The van der Waals surface area contributed by atoms with Gasteiger partial charge in [0.05, 0.1) is 0 Å². The van der Waals surface area contributed by atoms with E-state index in [4.69, 9.17) is 0 Å². The lowest BCUT2D eigenvalue weighted by Gasteiger charge is -2.17. The molecule has 0 amide bonds. The van der Waals surface area contributed by atoms with Gasteiger partial charge in [0, 0.05) is 5.28 Å². The molecule has 1 atom stereocenters. The van der Waals surface area contributed by atoms with E-state index in [1.165, 1.54) is 0 Å². The maximum atomic E-state index is 3.51. The van der Waals surface area contributed by atoms with Gasteiger partial charge in [0.15, 0.2) is 0 Å². The Balaban J connectivity index is 2.52. The zero-order valence-electron chi connectivity index (χ0n) is 6.95. The summed E-state index contributed by atoms with van der Waals surface area (Å²) in [6.45, 7) is 11.5. The molecule has 1 rings (SSSR count). The predicted octanol–water partition coefficient (Wildman–Crippen LogP) is 2.52. The molecule has 0 aromatic heterocycles. The van der Waals surface area contributed by atoms with Crippen LogP contribution in [-0.4, -0.2) is 10.4 Å². The van der Waals surface area contributed by atoms with Crippen LogP contribution in [-0.2, 0) is 0 Å². The zero-order valence-corrected chi connectivity index (χ0v) is 7.84. The molecule has 54 valence electrons. The zero-order chi connectivity index (χ0) is 7.28. The molecule has 1 unspecified atom stereocenters. The van der Waals surface area contributed by atoms with E-state index >= 15 is 0 Å². The van der Waals surface area contributed by atoms with Crippen LogP contribution in [0.1, 0.15) is 34.6 Å². The van der Waals surface area contributed by atoms with E-state index in [0.29, 0.717) is 10.4 Å². The lowest BCUT2D eigenvalue weighted by molar-refractivity contribution is 0.775. The smallest absolute Gasteiger partial charge is 0.0498 e. The van der Waals surface area contributed by atoms with Crippen LogP contribution in [0.15, 0.2) is 0 Å². The fourth-order valence-electron chi connectivity index (χ4n) is 1.25. The third kappa shape index (κ3) is 1.45. The van der Waals surface area contributed by atoms with Crippen molar-refractivity contribution in [1.29, 1.82) is 0 Å². The largest absolute Gasteiger partial charge is 0.283 e. The second kappa shape index (κ2) is 1.71. The topological polar surface area (TPSA) is 21.9 Å². The van der Waals surface area contributed by atoms with Gasteiger partial charge in [0.2, 0.25) is 0 Å². The molecule has 0 aromatic rings. The normalized spacial score (nSPS) is 32.3. The van der Waals surface area contributed by atoms with E-state index in [9.17, 15) is 0 Å². The van der Waals surface area contributed by atoms with Crippen LogP contribution in [0.3, 0.4) is 0 Å². The summed E-state index contributed by atoms with van der Waals surface area (Å²) in [7, 11) is 0.115. The molecule has 0 aromatic carbocycles. The minimum atomic E-state index is 0.115. The Morgan fingerprint density at radius 3 is 1.56 bits per heavy atom. The lowest BCUT2D eigenvalue weighted by atomic mass is 10.3. The van der Waals surface area contributed by atoms with E-state index in [1.807, 2.05) is 0 Å². The number of hydrogen-bond donors (Lipinski definition) is 1. The number of hydrogen-bond acceptors (Lipinski definition) is 1. The molecule has 0 spiro atoms. The molecule has 1 fully saturated rings. The predicted molar refractivity (Wildman–Crippen MR) is 43.9 cm³/mol. The summed E-state index contributed by atoms with van der Waals surface area (Å²) in [5.74, 6) is 0. The highest BCUT2D eigenvalue weighted by Gasteiger charge is 2.51. The van der Waals surface area contributed by atoms with Crippen molar-refractivity contribution in [2.75, 3.05) is 0 Å². The van der Waals surface area contributed by atoms with Crippen molar-refractivity contribution < 1.29 is 0 Å². The fourth-order valence-corrected chi connectivity index (χ4v) is 3.91. The number of nitrogens with one attached hydrogen (secondary N) is 1. The molecule has 1 nitrogen and oxygen atoms in total. The molecule has 2 heteroatoms. The molecule has 1 saturated heterocycles. The van der Waals surface area contributed by atoms with Crippen molar-refractivity contribution in [3.05, 3.63) is 0 Å². The van der Waals surface area contributed by atoms with Gasteiger partial charge >= 0.3 is 0 Å². The highest BCUT2D eigenvalue weighted by molar-refractivity contribution is 7.65. The van der Waals surface area contributed by atoms with Gasteiger partial charge in [-0.05, 0) is 27.1 Å². The van der Waals surface area contributed by atoms with Crippen molar-refractivity contribution >= 4 is 8.07 Å². The Bertz CT molecular complexity index is 123. The molecule has 0 radical (unpaired) electrons. The molecule has 1 N–H and O–H groups in total. The molecule has 0 saturated carbocycles. The second-order valence-corrected chi connectivity index (χ2v) is 7.53. The molecule has 1 heterocycles. The Hall–Kier alpha value is 0.390. The molecule has 1 aliphatic heterocycles. The van der Waals surface area contributed by atoms with E-state index in [2.05, 4.69) is 39.7 Å². The van der Waals surface area contributed by atoms with Gasteiger partial charge in [0.1, 0.15) is 0 Å². The first-order chi connectivity index (χ1) is 3.84. The van der Waals surface area contributed by atoms with Crippen LogP contribution in [0.4, 0.5) is 0 Å². The van der Waals surface area contributed by atoms with Gasteiger partial charge < -0.3 is 0 Å². The average Bonchev–Trinajstić information content (AvgIpc) is 2.10. The summed E-state index contributed by atoms with van der Waals surface area (Å²) in [4.78, 5) is 0. The first-order valence-corrected chi connectivity index (χ1v) is 4.76. The maximum absolute atomic E-state index is 3.51. The van der Waals surface area contributed by atoms with Crippen LogP contribution >= 0.6 is 8.07 Å². The summed E-state index contributed by atoms with van der Waals surface area (Å²) in [5, 5.41) is 4.48. The third-order valence-electron chi connectivity index (χ3n) is 1.57. The van der Waals surface area contributed by atoms with E-state index in [0.717, 1.165) is 0 Å². The quantitative estimate of drug-likeness (QED) is 0.410. The van der Waals surface area contributed by atoms with Crippen molar-refractivity contribution in [2.24, 2.45) is 0 Å². The third-order valence-corrected chi connectivity index (χ3v) is 4.70. The first-order valence-electron chi connectivity index (χ1n) is 3.42. The van der Waals surface area contributed by atoms with Gasteiger partial charge in [-0.3, -0.25) is 5.09 Å². The second-order valence-electron chi connectivity index (χ2n) is 4.18. The average molecular weight is 145 g/mol. The summed E-state index contributed by atoms with van der Waals surface area (Å²) in [6, 6.07) is 0. The van der Waals surface area contributed by atoms with Crippen LogP contribution in [0.5, 0.6) is 0 Å². The summed E-state index contributed by atoms with van der Waals surface area (Å²) in [5.41, 5.74) is 0. The lowest BCUT2D eigenvalue weighted by Crippen LogP contribution is -2.08. The molecule has 0 aliphatic carbocycles. The van der Waals surface area contributed by atoms with E-state index in [-0.39, 0.29) is 8.07 Å². The van der Waals surface area contributed by atoms with Crippen molar-refractivity contribution in [3.8, 4) is 0 Å². The van der Waals surface area contributed by atoms with Crippen LogP contribution < -0.4 is 5.09 Å². The minimum Gasteiger partial charge on any atom is -0.283 e. The molecule has 9 heavy (non-hydrogen) atoms. The Morgan fingerprint density at radius 2 is 1.56 bits per heavy atom. The molecule has 1 aliphatic rings. The van der Waals surface area contributed by atoms with Crippen LogP contribution in [0, 0.1) is 0 Å². The fraction of sp³-hybridized carbons (Fsp3) is 1.00.